The molecule has 1 aromatic carbocycles. The van der Waals surface area contributed by atoms with Crippen molar-refractivity contribution < 1.29 is 13.9 Å². The number of carbonyl (C=O) groups excluding carboxylic acids is 1. The normalized spacial score (nSPS) is 15.4. The molecule has 4 heteroatoms. The van der Waals surface area contributed by atoms with E-state index in [1.165, 1.54) is 24.3 Å². The van der Waals surface area contributed by atoms with E-state index in [1.54, 1.807) is 18.7 Å². The molecule has 3 nitrogen and oxygen atoms in total. The number of amides is 1. The van der Waals surface area contributed by atoms with Gasteiger partial charge in [-0.05, 0) is 44.5 Å². The van der Waals surface area contributed by atoms with E-state index in [0.717, 1.165) is 19.5 Å². The zero-order valence-electron chi connectivity index (χ0n) is 10.1. The molecule has 1 aliphatic rings. The Balaban J connectivity index is 2.05. The van der Waals surface area contributed by atoms with Crippen LogP contribution in [-0.2, 0) is 4.79 Å². The number of benzene rings is 1. The summed E-state index contributed by atoms with van der Waals surface area (Å²) >= 11 is 0. The van der Waals surface area contributed by atoms with Crippen molar-refractivity contribution in [3.63, 3.8) is 0 Å². The first-order valence-corrected chi connectivity index (χ1v) is 5.73. The summed E-state index contributed by atoms with van der Waals surface area (Å²) in [4.78, 5) is 13.8. The fraction of sp³-hybridized carbons (Fsp3) is 0.462. The zero-order valence-corrected chi connectivity index (χ0v) is 10.1. The van der Waals surface area contributed by atoms with Gasteiger partial charge >= 0.3 is 0 Å². The Morgan fingerprint density at radius 1 is 1.29 bits per heavy atom. The molecular weight excluding hydrogens is 221 g/mol. The van der Waals surface area contributed by atoms with E-state index in [4.69, 9.17) is 4.74 Å². The zero-order chi connectivity index (χ0) is 12.5. The van der Waals surface area contributed by atoms with Gasteiger partial charge in [0, 0.05) is 13.1 Å². The lowest BCUT2D eigenvalue weighted by Gasteiger charge is -2.37. The molecule has 0 bridgehead atoms. The number of hydrogen-bond donors (Lipinski definition) is 0. The van der Waals surface area contributed by atoms with Gasteiger partial charge in [0.2, 0.25) is 0 Å². The first-order chi connectivity index (χ1) is 7.99. The largest absolute Gasteiger partial charge is 0.478 e. The van der Waals surface area contributed by atoms with Crippen LogP contribution in [0.25, 0.3) is 0 Å². The van der Waals surface area contributed by atoms with Crippen LogP contribution in [-0.4, -0.2) is 29.5 Å². The van der Waals surface area contributed by atoms with E-state index in [0.29, 0.717) is 5.75 Å². The summed E-state index contributed by atoms with van der Waals surface area (Å²) in [6.45, 7) is 5.07. The van der Waals surface area contributed by atoms with Crippen LogP contribution < -0.4 is 4.74 Å². The molecule has 2 rings (SSSR count). The van der Waals surface area contributed by atoms with Gasteiger partial charge < -0.3 is 9.64 Å². The Kier molecular flexibility index (Phi) is 3.05. The molecule has 0 radical (unpaired) electrons. The highest BCUT2D eigenvalue weighted by molar-refractivity contribution is 5.85. The van der Waals surface area contributed by atoms with E-state index in [2.05, 4.69) is 0 Å². The predicted molar refractivity (Wildman–Crippen MR) is 62.3 cm³/mol. The van der Waals surface area contributed by atoms with Gasteiger partial charge in [0.05, 0.1) is 0 Å². The smallest absolute Gasteiger partial charge is 0.266 e. The molecule has 0 atom stereocenters. The molecule has 17 heavy (non-hydrogen) atoms. The molecule has 0 spiro atoms. The third-order valence-electron chi connectivity index (χ3n) is 2.84. The minimum Gasteiger partial charge on any atom is -0.478 e. The van der Waals surface area contributed by atoms with E-state index < -0.39 is 5.60 Å². The van der Waals surface area contributed by atoms with Crippen molar-refractivity contribution in [3.05, 3.63) is 30.1 Å². The summed E-state index contributed by atoms with van der Waals surface area (Å²) in [7, 11) is 0. The van der Waals surface area contributed by atoms with Crippen molar-refractivity contribution in [2.75, 3.05) is 13.1 Å². The van der Waals surface area contributed by atoms with Crippen molar-refractivity contribution in [3.8, 4) is 5.75 Å². The second kappa shape index (κ2) is 4.35. The lowest BCUT2D eigenvalue weighted by atomic mass is 10.0. The van der Waals surface area contributed by atoms with Gasteiger partial charge in [-0.3, -0.25) is 4.79 Å². The van der Waals surface area contributed by atoms with Gasteiger partial charge in [-0.1, -0.05) is 0 Å². The maximum absolute atomic E-state index is 12.7. The van der Waals surface area contributed by atoms with E-state index in [9.17, 15) is 9.18 Å². The number of rotatable bonds is 3. The van der Waals surface area contributed by atoms with Crippen LogP contribution in [0, 0.1) is 5.82 Å². The second-order valence-corrected chi connectivity index (χ2v) is 4.71. The first-order valence-electron chi connectivity index (χ1n) is 5.73. The van der Waals surface area contributed by atoms with E-state index in [1.807, 2.05) is 0 Å². The van der Waals surface area contributed by atoms with Gasteiger partial charge in [-0.15, -0.1) is 0 Å². The number of halogens is 1. The van der Waals surface area contributed by atoms with Crippen molar-refractivity contribution >= 4 is 5.91 Å². The van der Waals surface area contributed by atoms with Gasteiger partial charge in [0.1, 0.15) is 11.6 Å². The van der Waals surface area contributed by atoms with Crippen LogP contribution in [0.5, 0.6) is 5.75 Å². The van der Waals surface area contributed by atoms with Crippen LogP contribution in [0.2, 0.25) is 0 Å². The molecule has 0 aliphatic carbocycles. The van der Waals surface area contributed by atoms with Crippen molar-refractivity contribution in [1.82, 2.24) is 4.90 Å². The summed E-state index contributed by atoms with van der Waals surface area (Å²) in [5.41, 5.74) is -0.905. The van der Waals surface area contributed by atoms with Crippen LogP contribution in [0.4, 0.5) is 4.39 Å². The summed E-state index contributed by atoms with van der Waals surface area (Å²) < 4.78 is 18.4. The monoisotopic (exact) mass is 237 g/mol. The lowest BCUT2D eigenvalue weighted by Crippen LogP contribution is -2.53. The van der Waals surface area contributed by atoms with Gasteiger partial charge in [-0.2, -0.15) is 0 Å². The number of nitrogens with zero attached hydrogens (tertiary/aromatic N) is 1. The summed E-state index contributed by atoms with van der Waals surface area (Å²) in [6.07, 6.45) is 1.05. The van der Waals surface area contributed by atoms with Gasteiger partial charge in [0.25, 0.3) is 5.91 Å². The van der Waals surface area contributed by atoms with Gasteiger partial charge in [0.15, 0.2) is 5.60 Å². The number of ether oxygens (including phenoxy) is 1. The number of hydrogen-bond acceptors (Lipinski definition) is 2. The average molecular weight is 237 g/mol. The third kappa shape index (κ3) is 2.57. The highest BCUT2D eigenvalue weighted by Crippen LogP contribution is 2.22. The molecule has 92 valence electrons. The standard InChI is InChI=1S/C13H16FNO2/c1-13(2,12(16)15-8-3-9-15)17-11-6-4-10(14)5-7-11/h4-7H,3,8-9H2,1-2H3. The minimum absolute atomic E-state index is 0.0203. The SMILES string of the molecule is CC(C)(Oc1ccc(F)cc1)C(=O)N1CCC1. The molecule has 1 heterocycles. The Morgan fingerprint density at radius 3 is 2.35 bits per heavy atom. The Bertz CT molecular complexity index is 410. The second-order valence-electron chi connectivity index (χ2n) is 4.71. The highest BCUT2D eigenvalue weighted by Gasteiger charge is 2.36. The summed E-state index contributed by atoms with van der Waals surface area (Å²) in [5, 5.41) is 0. The summed E-state index contributed by atoms with van der Waals surface area (Å²) in [5.74, 6) is 0.169. The Hall–Kier alpha value is -1.58. The third-order valence-corrected chi connectivity index (χ3v) is 2.84. The molecule has 1 aliphatic heterocycles. The van der Waals surface area contributed by atoms with Crippen molar-refractivity contribution in [2.45, 2.75) is 25.9 Å². The summed E-state index contributed by atoms with van der Waals surface area (Å²) in [6, 6.07) is 5.69. The molecule has 1 fully saturated rings. The fourth-order valence-corrected chi connectivity index (χ4v) is 1.74. The molecule has 0 N–H and O–H groups in total. The van der Waals surface area contributed by atoms with Crippen LogP contribution in [0.1, 0.15) is 20.3 Å². The minimum atomic E-state index is -0.905. The predicted octanol–water partition coefficient (Wildman–Crippen LogP) is 2.22. The fourth-order valence-electron chi connectivity index (χ4n) is 1.74. The lowest BCUT2D eigenvalue weighted by molar-refractivity contribution is -0.149. The molecule has 0 saturated carbocycles. The molecular formula is C13H16FNO2. The topological polar surface area (TPSA) is 29.5 Å². The highest BCUT2D eigenvalue weighted by atomic mass is 19.1. The number of carbonyl (C=O) groups is 1. The van der Waals surface area contributed by atoms with E-state index >= 15 is 0 Å². The van der Waals surface area contributed by atoms with Gasteiger partial charge in [-0.25, -0.2) is 4.39 Å². The molecule has 1 amide bonds. The number of likely N-dealkylation sites (tertiary alicyclic amines) is 1. The average Bonchev–Trinajstić information content (AvgIpc) is 2.18. The van der Waals surface area contributed by atoms with E-state index in [-0.39, 0.29) is 11.7 Å². The first kappa shape index (κ1) is 11.9. The molecule has 1 aromatic rings. The molecule has 1 saturated heterocycles. The maximum Gasteiger partial charge on any atom is 0.266 e. The molecule has 0 unspecified atom stereocenters. The Labute approximate surface area is 100 Å². The van der Waals surface area contributed by atoms with Crippen LogP contribution >= 0.6 is 0 Å². The maximum atomic E-state index is 12.7. The molecule has 0 aromatic heterocycles. The van der Waals surface area contributed by atoms with Crippen molar-refractivity contribution in [1.29, 1.82) is 0 Å². The quantitative estimate of drug-likeness (QED) is 0.806. The van der Waals surface area contributed by atoms with Crippen molar-refractivity contribution in [2.24, 2.45) is 0 Å². The van der Waals surface area contributed by atoms with Crippen LogP contribution in [0.3, 0.4) is 0 Å². The van der Waals surface area contributed by atoms with Crippen LogP contribution in [0.15, 0.2) is 24.3 Å². The Morgan fingerprint density at radius 2 is 1.88 bits per heavy atom.